The van der Waals surface area contributed by atoms with E-state index in [1.165, 1.54) is 0 Å². The largest absolute Gasteiger partial charge is 0.481 e. The average Bonchev–Trinajstić information content (AvgIpc) is 2.37. The molecule has 11 nitrogen and oxygen atoms in total. The van der Waals surface area contributed by atoms with Crippen LogP contribution in [0.1, 0.15) is 6.42 Å². The first-order valence-corrected chi connectivity index (χ1v) is 6.69. The molecule has 0 radical (unpaired) electrons. The Hall–Kier alpha value is -2.60. The Morgan fingerprint density at radius 3 is 2.38 bits per heavy atom. The Bertz CT molecular complexity index is 669. The van der Waals surface area contributed by atoms with Gasteiger partial charge in [0.05, 0.1) is 6.42 Å². The number of rotatable bonds is 7. The van der Waals surface area contributed by atoms with Gasteiger partial charge in [0.15, 0.2) is 6.20 Å². The van der Waals surface area contributed by atoms with Crippen molar-refractivity contribution in [2.75, 3.05) is 0 Å². The number of nitrogens with zero attached hydrogens (tertiary/aromatic N) is 2. The third-order valence-electron chi connectivity index (χ3n) is 2.19. The number of carboxylic acids is 2. The van der Waals surface area contributed by atoms with E-state index in [1.54, 1.807) is 4.72 Å². The van der Waals surface area contributed by atoms with Crippen LogP contribution in [0.5, 0.6) is 0 Å². The highest BCUT2D eigenvalue weighted by Gasteiger charge is 2.28. The number of carbonyl (C=O) groups is 2. The van der Waals surface area contributed by atoms with E-state index in [0.717, 1.165) is 12.1 Å². The van der Waals surface area contributed by atoms with Gasteiger partial charge in [-0.1, -0.05) is 0 Å². The third kappa shape index (κ3) is 4.47. The van der Waals surface area contributed by atoms with E-state index in [0.29, 0.717) is 6.20 Å². The van der Waals surface area contributed by atoms with Crippen LogP contribution < -0.4 is 4.72 Å². The standard InChI is InChI=1S/C9H9N3O8S/c13-8(14)3-6(9(15)16)11-21(19,20)5-1-2-7(10-4-5)12(17)18/h1-2,4,6,11H,3H2,(H,13,14)(H,15,16)/t6-/m1/s1. The Morgan fingerprint density at radius 1 is 1.38 bits per heavy atom. The Balaban J connectivity index is 3.01. The van der Waals surface area contributed by atoms with Gasteiger partial charge in [-0.25, -0.2) is 8.42 Å². The molecular weight excluding hydrogens is 310 g/mol. The van der Waals surface area contributed by atoms with Crippen molar-refractivity contribution in [3.8, 4) is 0 Å². The lowest BCUT2D eigenvalue weighted by Crippen LogP contribution is -2.42. The van der Waals surface area contributed by atoms with Crippen LogP contribution in [0.3, 0.4) is 0 Å². The monoisotopic (exact) mass is 319 g/mol. The molecule has 1 heterocycles. The van der Waals surface area contributed by atoms with Crippen molar-refractivity contribution in [1.29, 1.82) is 0 Å². The number of pyridine rings is 1. The normalized spacial score (nSPS) is 12.6. The molecule has 0 spiro atoms. The van der Waals surface area contributed by atoms with E-state index in [2.05, 4.69) is 4.98 Å². The summed E-state index contributed by atoms with van der Waals surface area (Å²) in [4.78, 5) is 33.6. The van der Waals surface area contributed by atoms with Gasteiger partial charge in [-0.15, -0.1) is 0 Å². The minimum atomic E-state index is -4.37. The molecule has 12 heteroatoms. The number of nitro groups is 1. The number of hydrogen-bond donors (Lipinski definition) is 3. The van der Waals surface area contributed by atoms with Crippen molar-refractivity contribution in [3.05, 3.63) is 28.4 Å². The fraction of sp³-hybridized carbons (Fsp3) is 0.222. The molecule has 1 aromatic rings. The maximum atomic E-state index is 11.8. The maximum absolute atomic E-state index is 11.8. The van der Waals surface area contributed by atoms with E-state index in [9.17, 15) is 28.1 Å². The second kappa shape index (κ2) is 6.23. The van der Waals surface area contributed by atoms with E-state index in [1.807, 2.05) is 0 Å². The summed E-state index contributed by atoms with van der Waals surface area (Å²) >= 11 is 0. The van der Waals surface area contributed by atoms with Crippen molar-refractivity contribution in [3.63, 3.8) is 0 Å². The molecule has 1 rings (SSSR count). The second-order valence-electron chi connectivity index (χ2n) is 3.72. The number of aliphatic carboxylic acids is 2. The van der Waals surface area contributed by atoms with Crippen LogP contribution in [0.2, 0.25) is 0 Å². The van der Waals surface area contributed by atoms with E-state index < -0.39 is 50.1 Å². The molecule has 0 aliphatic rings. The molecule has 0 aliphatic heterocycles. The lowest BCUT2D eigenvalue weighted by molar-refractivity contribution is -0.389. The van der Waals surface area contributed by atoms with Gasteiger partial charge in [0, 0.05) is 6.07 Å². The lowest BCUT2D eigenvalue weighted by Gasteiger charge is -2.11. The van der Waals surface area contributed by atoms with Gasteiger partial charge in [0.2, 0.25) is 10.0 Å². The van der Waals surface area contributed by atoms with Crippen molar-refractivity contribution in [2.45, 2.75) is 17.4 Å². The molecule has 0 fully saturated rings. The molecule has 0 aromatic carbocycles. The number of hydrogen-bond acceptors (Lipinski definition) is 7. The zero-order valence-electron chi connectivity index (χ0n) is 10.2. The van der Waals surface area contributed by atoms with Gasteiger partial charge >= 0.3 is 17.8 Å². The predicted octanol–water partition coefficient (Wildman–Crippen LogP) is -0.804. The molecule has 0 saturated heterocycles. The Labute approximate surface area is 117 Å². The van der Waals surface area contributed by atoms with E-state index in [4.69, 9.17) is 10.2 Å². The van der Waals surface area contributed by atoms with Crippen LogP contribution in [-0.2, 0) is 19.6 Å². The van der Waals surface area contributed by atoms with Crippen molar-refractivity contribution >= 4 is 27.8 Å². The molecule has 0 amide bonds. The molecule has 0 saturated carbocycles. The summed E-state index contributed by atoms with van der Waals surface area (Å²) in [7, 11) is -4.37. The Morgan fingerprint density at radius 2 is 2.00 bits per heavy atom. The van der Waals surface area contributed by atoms with Crippen LogP contribution in [0.4, 0.5) is 5.82 Å². The van der Waals surface area contributed by atoms with Gasteiger partial charge in [-0.05, 0) is 16.0 Å². The zero-order chi connectivity index (χ0) is 16.2. The summed E-state index contributed by atoms with van der Waals surface area (Å²) in [5.41, 5.74) is 0. The summed E-state index contributed by atoms with van der Waals surface area (Å²) < 4.78 is 25.3. The molecule has 0 unspecified atom stereocenters. The Kier molecular flexibility index (Phi) is 4.88. The quantitative estimate of drug-likeness (QED) is 0.428. The van der Waals surface area contributed by atoms with Crippen molar-refractivity contribution in [2.24, 2.45) is 0 Å². The third-order valence-corrected chi connectivity index (χ3v) is 3.65. The van der Waals surface area contributed by atoms with Gasteiger partial charge in [-0.2, -0.15) is 4.72 Å². The molecule has 114 valence electrons. The number of aromatic nitrogens is 1. The highest BCUT2D eigenvalue weighted by molar-refractivity contribution is 7.89. The summed E-state index contributed by atoms with van der Waals surface area (Å²) in [5, 5.41) is 27.7. The zero-order valence-corrected chi connectivity index (χ0v) is 11.0. The van der Waals surface area contributed by atoms with Gasteiger partial charge in [0.1, 0.15) is 10.9 Å². The predicted molar refractivity (Wildman–Crippen MR) is 64.9 cm³/mol. The highest BCUT2D eigenvalue weighted by Crippen LogP contribution is 2.13. The fourth-order valence-electron chi connectivity index (χ4n) is 1.25. The topological polar surface area (TPSA) is 177 Å². The first-order chi connectivity index (χ1) is 9.63. The van der Waals surface area contributed by atoms with Crippen LogP contribution in [-0.4, -0.2) is 46.5 Å². The van der Waals surface area contributed by atoms with E-state index in [-0.39, 0.29) is 0 Å². The summed E-state index contributed by atoms with van der Waals surface area (Å²) in [6.45, 7) is 0. The van der Waals surface area contributed by atoms with Gasteiger partial charge in [0.25, 0.3) is 0 Å². The minimum absolute atomic E-state index is 0.523. The maximum Gasteiger partial charge on any atom is 0.363 e. The number of carboxylic acid groups (broad SMARTS) is 2. The van der Waals surface area contributed by atoms with E-state index >= 15 is 0 Å². The van der Waals surface area contributed by atoms with Crippen molar-refractivity contribution in [1.82, 2.24) is 9.71 Å². The van der Waals surface area contributed by atoms with Crippen LogP contribution >= 0.6 is 0 Å². The fourth-order valence-corrected chi connectivity index (χ4v) is 2.38. The first-order valence-electron chi connectivity index (χ1n) is 5.21. The summed E-state index contributed by atoms with van der Waals surface area (Å²) in [6.07, 6.45) is -0.297. The summed E-state index contributed by atoms with van der Waals surface area (Å²) in [5.74, 6) is -3.77. The van der Waals surface area contributed by atoms with Gasteiger partial charge < -0.3 is 20.3 Å². The number of nitrogens with one attached hydrogen (secondary N) is 1. The van der Waals surface area contributed by atoms with Gasteiger partial charge in [-0.3, -0.25) is 9.59 Å². The first kappa shape index (κ1) is 16.5. The van der Waals surface area contributed by atoms with Crippen LogP contribution in [0.25, 0.3) is 0 Å². The molecular formula is C9H9N3O8S. The van der Waals surface area contributed by atoms with Crippen molar-refractivity contribution < 1.29 is 33.1 Å². The number of sulfonamides is 1. The van der Waals surface area contributed by atoms with Crippen LogP contribution in [0, 0.1) is 10.1 Å². The molecule has 1 atom stereocenters. The molecule has 0 aliphatic carbocycles. The summed E-state index contributed by atoms with van der Waals surface area (Å²) in [6, 6.07) is -0.197. The molecule has 3 N–H and O–H groups in total. The second-order valence-corrected chi connectivity index (χ2v) is 5.43. The lowest BCUT2D eigenvalue weighted by atomic mass is 10.2. The molecule has 1 aromatic heterocycles. The smallest absolute Gasteiger partial charge is 0.363 e. The average molecular weight is 319 g/mol. The highest BCUT2D eigenvalue weighted by atomic mass is 32.2. The van der Waals surface area contributed by atoms with Crippen LogP contribution in [0.15, 0.2) is 23.2 Å². The minimum Gasteiger partial charge on any atom is -0.481 e. The molecule has 21 heavy (non-hydrogen) atoms. The molecule has 0 bridgehead atoms. The SMILES string of the molecule is O=C(O)C[C@@H](NS(=O)(=O)c1ccc([N+](=O)[O-])nc1)C(=O)O.